The zero-order valence-corrected chi connectivity index (χ0v) is 12.4. The van der Waals surface area contributed by atoms with Gasteiger partial charge in [-0.25, -0.2) is 0 Å². The summed E-state index contributed by atoms with van der Waals surface area (Å²) in [7, 11) is 0. The Morgan fingerprint density at radius 2 is 0.880 bits per heavy atom. The maximum absolute atomic E-state index is 13.6. The van der Waals surface area contributed by atoms with Gasteiger partial charge in [-0.2, -0.15) is 57.1 Å². The summed E-state index contributed by atoms with van der Waals surface area (Å²) in [5.41, 5.74) is -6.54. The molecule has 0 spiro atoms. The zero-order valence-electron chi connectivity index (χ0n) is 12.4. The summed E-state index contributed by atoms with van der Waals surface area (Å²) in [6, 6.07) is 0. The molecule has 152 valence electrons. The van der Waals surface area contributed by atoms with Crippen molar-refractivity contribution < 1.29 is 57.1 Å². The summed E-state index contributed by atoms with van der Waals surface area (Å²) in [5.74, 6) is -15.0. The fourth-order valence-corrected chi connectivity index (χ4v) is 2.22. The summed E-state index contributed by atoms with van der Waals surface area (Å²) in [6.45, 7) is 1.45. The van der Waals surface area contributed by atoms with E-state index in [2.05, 4.69) is 0 Å². The average Bonchev–Trinajstić information content (AvgIpc) is 2.33. The van der Waals surface area contributed by atoms with Crippen LogP contribution in [-0.4, -0.2) is 30.4 Å². The second kappa shape index (κ2) is 7.01. The quantitative estimate of drug-likeness (QED) is 0.320. The highest BCUT2D eigenvalue weighted by molar-refractivity contribution is 5.10. The monoisotopic (exact) mass is 404 g/mol. The molecule has 0 saturated heterocycles. The third-order valence-electron chi connectivity index (χ3n) is 3.66. The van der Waals surface area contributed by atoms with E-state index < -0.39 is 55.1 Å². The first-order valence-corrected chi connectivity index (χ1v) is 6.77. The minimum Gasteiger partial charge on any atom is -0.198 e. The van der Waals surface area contributed by atoms with Crippen molar-refractivity contribution in [1.82, 2.24) is 0 Å². The molecule has 0 atom stereocenters. The van der Waals surface area contributed by atoms with Crippen LogP contribution in [0.4, 0.5) is 57.1 Å². The largest absolute Gasteiger partial charge is 0.459 e. The second-order valence-corrected chi connectivity index (χ2v) is 5.36. The highest BCUT2D eigenvalue weighted by atomic mass is 19.4. The molecule has 0 heterocycles. The Bertz CT molecular complexity index is 412. The predicted octanol–water partition coefficient (Wildman–Crippen LogP) is 6.90. The highest BCUT2D eigenvalue weighted by Gasteiger charge is 2.91. The molecular formula is C12H13F13. The van der Waals surface area contributed by atoms with E-state index in [1.54, 1.807) is 0 Å². The van der Waals surface area contributed by atoms with E-state index in [0.717, 1.165) is 0 Å². The van der Waals surface area contributed by atoms with Gasteiger partial charge >= 0.3 is 30.4 Å². The molecule has 0 radical (unpaired) electrons. The van der Waals surface area contributed by atoms with Crippen LogP contribution in [0.1, 0.15) is 39.0 Å². The van der Waals surface area contributed by atoms with Gasteiger partial charge in [0, 0.05) is 0 Å². The van der Waals surface area contributed by atoms with Gasteiger partial charge in [-0.3, -0.25) is 0 Å². The number of halogens is 13. The van der Waals surface area contributed by atoms with E-state index in [1.807, 2.05) is 0 Å². The van der Waals surface area contributed by atoms with Crippen molar-refractivity contribution in [2.75, 3.05) is 0 Å². The van der Waals surface area contributed by atoms with E-state index in [1.165, 1.54) is 6.92 Å². The van der Waals surface area contributed by atoms with Crippen LogP contribution < -0.4 is 0 Å². The fraction of sp³-hybridized carbons (Fsp3) is 1.00. The summed E-state index contributed by atoms with van der Waals surface area (Å²) >= 11 is 0. The minimum atomic E-state index is -7.55. The fourth-order valence-electron chi connectivity index (χ4n) is 2.22. The van der Waals surface area contributed by atoms with E-state index in [0.29, 0.717) is 0 Å². The van der Waals surface area contributed by atoms with Gasteiger partial charge in [-0.1, -0.05) is 32.6 Å². The van der Waals surface area contributed by atoms with Crippen molar-refractivity contribution in [2.24, 2.45) is 5.41 Å². The number of hydrogen-bond acceptors (Lipinski definition) is 0. The molecule has 0 aliphatic carbocycles. The SMILES string of the molecule is CCCCCCC(C(F)(F)F)(C(F)(F)F)C(F)(F)C(F)(F)C(F)(F)F. The number of hydrogen-bond donors (Lipinski definition) is 0. The first-order chi connectivity index (χ1) is 10.8. The molecule has 0 nitrogen and oxygen atoms in total. The van der Waals surface area contributed by atoms with Crippen molar-refractivity contribution in [3.8, 4) is 0 Å². The topological polar surface area (TPSA) is 0 Å². The molecule has 0 bridgehead atoms. The normalized spacial score (nSPS) is 15.6. The third kappa shape index (κ3) is 3.93. The van der Waals surface area contributed by atoms with E-state index in [4.69, 9.17) is 0 Å². The Labute approximate surface area is 133 Å². The molecule has 0 N–H and O–H groups in total. The molecule has 25 heavy (non-hydrogen) atoms. The van der Waals surface area contributed by atoms with Gasteiger partial charge in [0.15, 0.2) is 0 Å². The lowest BCUT2D eigenvalue weighted by Crippen LogP contribution is -2.70. The first kappa shape index (κ1) is 24.1. The lowest BCUT2D eigenvalue weighted by Gasteiger charge is -2.45. The molecule has 0 rings (SSSR count). The first-order valence-electron chi connectivity index (χ1n) is 6.77. The van der Waals surface area contributed by atoms with Crippen molar-refractivity contribution in [2.45, 2.75) is 69.4 Å². The molecule has 0 amide bonds. The maximum atomic E-state index is 13.6. The molecule has 0 aliphatic heterocycles. The lowest BCUT2D eigenvalue weighted by atomic mass is 9.72. The summed E-state index contributed by atoms with van der Waals surface area (Å²) in [6.07, 6.45) is -25.7. The third-order valence-corrected chi connectivity index (χ3v) is 3.66. The van der Waals surface area contributed by atoms with Crippen LogP contribution in [0.25, 0.3) is 0 Å². The summed E-state index contributed by atoms with van der Waals surface area (Å²) in [5, 5.41) is 0. The van der Waals surface area contributed by atoms with Gasteiger partial charge < -0.3 is 0 Å². The molecular weight excluding hydrogens is 391 g/mol. The van der Waals surface area contributed by atoms with Crippen molar-refractivity contribution in [1.29, 1.82) is 0 Å². The lowest BCUT2D eigenvalue weighted by molar-refractivity contribution is -0.461. The van der Waals surface area contributed by atoms with E-state index in [-0.39, 0.29) is 12.8 Å². The Morgan fingerprint density at radius 3 is 1.16 bits per heavy atom. The van der Waals surface area contributed by atoms with Gasteiger partial charge in [0.2, 0.25) is 5.41 Å². The van der Waals surface area contributed by atoms with Crippen LogP contribution in [0.15, 0.2) is 0 Å². The average molecular weight is 404 g/mol. The van der Waals surface area contributed by atoms with Crippen LogP contribution in [-0.2, 0) is 0 Å². The van der Waals surface area contributed by atoms with Crippen LogP contribution in [0, 0.1) is 5.41 Å². The Kier molecular flexibility index (Phi) is 6.76. The Hall–Kier alpha value is -0.910. The minimum absolute atomic E-state index is 0.0208. The van der Waals surface area contributed by atoms with Crippen LogP contribution in [0.5, 0.6) is 0 Å². The van der Waals surface area contributed by atoms with Crippen molar-refractivity contribution in [3.05, 3.63) is 0 Å². The molecule has 13 heteroatoms. The highest BCUT2D eigenvalue weighted by Crippen LogP contribution is 2.67. The number of rotatable bonds is 7. The molecule has 0 aromatic heterocycles. The second-order valence-electron chi connectivity index (χ2n) is 5.36. The predicted molar refractivity (Wildman–Crippen MR) is 59.3 cm³/mol. The Balaban J connectivity index is 6.46. The van der Waals surface area contributed by atoms with Crippen molar-refractivity contribution in [3.63, 3.8) is 0 Å². The molecule has 0 aromatic rings. The Morgan fingerprint density at radius 1 is 0.480 bits per heavy atom. The van der Waals surface area contributed by atoms with E-state index in [9.17, 15) is 57.1 Å². The van der Waals surface area contributed by atoms with Gasteiger partial charge in [-0.05, 0) is 6.42 Å². The molecule has 0 aliphatic rings. The van der Waals surface area contributed by atoms with Crippen molar-refractivity contribution >= 4 is 0 Å². The van der Waals surface area contributed by atoms with Gasteiger partial charge in [0.25, 0.3) is 0 Å². The van der Waals surface area contributed by atoms with Gasteiger partial charge in [-0.15, -0.1) is 0 Å². The van der Waals surface area contributed by atoms with E-state index >= 15 is 0 Å². The molecule has 0 saturated carbocycles. The van der Waals surface area contributed by atoms with Crippen LogP contribution >= 0.6 is 0 Å². The molecule has 0 fully saturated rings. The smallest absolute Gasteiger partial charge is 0.198 e. The number of unbranched alkanes of at least 4 members (excludes halogenated alkanes) is 3. The van der Waals surface area contributed by atoms with Gasteiger partial charge in [0.05, 0.1) is 0 Å². The summed E-state index contributed by atoms with van der Waals surface area (Å²) in [4.78, 5) is 0. The maximum Gasteiger partial charge on any atom is 0.459 e. The number of alkyl halides is 13. The van der Waals surface area contributed by atoms with Crippen LogP contribution in [0.2, 0.25) is 0 Å². The van der Waals surface area contributed by atoms with Gasteiger partial charge in [0.1, 0.15) is 0 Å². The molecule has 0 aromatic carbocycles. The molecule has 0 unspecified atom stereocenters. The summed E-state index contributed by atoms with van der Waals surface area (Å²) < 4.78 is 167. The standard InChI is InChI=1S/C12H13F13/c1-2-3-4-5-6-7(10(17,18)19,11(20,21)22)8(13,14)9(15,16)12(23,24)25/h2-6H2,1H3. The van der Waals surface area contributed by atoms with Crippen LogP contribution in [0.3, 0.4) is 0 Å². The zero-order chi connectivity index (χ0) is 20.5.